The van der Waals surface area contributed by atoms with E-state index in [1.165, 1.54) is 16.7 Å². The predicted molar refractivity (Wildman–Crippen MR) is 48.7 cm³/mol. The molecule has 13 heavy (non-hydrogen) atoms. The fraction of sp³-hybridized carbons (Fsp3) is 0.571. The first-order chi connectivity index (χ1) is 6.12. The zero-order valence-corrected chi connectivity index (χ0v) is 8.50. The highest BCUT2D eigenvalue weighted by Crippen LogP contribution is 2.12. The van der Waals surface area contributed by atoms with Crippen LogP contribution in [0, 0.1) is 0 Å². The van der Waals surface area contributed by atoms with Crippen molar-refractivity contribution in [3.63, 3.8) is 0 Å². The van der Waals surface area contributed by atoms with E-state index in [1.54, 1.807) is 13.8 Å². The molecule has 6 heteroatoms. The van der Waals surface area contributed by atoms with E-state index in [9.17, 15) is 8.42 Å². The van der Waals surface area contributed by atoms with Gasteiger partial charge in [0.1, 0.15) is 4.90 Å². The zero-order chi connectivity index (χ0) is 9.90. The van der Waals surface area contributed by atoms with Crippen molar-refractivity contribution in [1.82, 2.24) is 14.5 Å². The summed E-state index contributed by atoms with van der Waals surface area (Å²) in [6.07, 6.45) is 2.70. The second-order valence-corrected chi connectivity index (χ2v) is 4.46. The SMILES string of the molecule is CCN(CC)S(=O)(=O)c1cn[nH]c1. The number of H-pyrrole nitrogens is 1. The summed E-state index contributed by atoms with van der Waals surface area (Å²) < 4.78 is 24.8. The summed E-state index contributed by atoms with van der Waals surface area (Å²) >= 11 is 0. The molecule has 0 radical (unpaired) electrons. The fourth-order valence-corrected chi connectivity index (χ4v) is 2.46. The summed E-state index contributed by atoms with van der Waals surface area (Å²) in [5.74, 6) is 0. The monoisotopic (exact) mass is 203 g/mol. The Balaban J connectivity index is 3.02. The molecule has 1 N–H and O–H groups in total. The van der Waals surface area contributed by atoms with Gasteiger partial charge in [0, 0.05) is 19.3 Å². The maximum absolute atomic E-state index is 11.7. The van der Waals surface area contributed by atoms with Crippen molar-refractivity contribution < 1.29 is 8.42 Å². The van der Waals surface area contributed by atoms with Crippen LogP contribution in [0.15, 0.2) is 17.3 Å². The first-order valence-corrected chi connectivity index (χ1v) is 5.55. The average Bonchev–Trinajstić information content (AvgIpc) is 2.58. The Morgan fingerprint density at radius 1 is 1.46 bits per heavy atom. The van der Waals surface area contributed by atoms with Gasteiger partial charge in [-0.2, -0.15) is 9.40 Å². The van der Waals surface area contributed by atoms with Gasteiger partial charge in [-0.15, -0.1) is 0 Å². The molecule has 0 aromatic carbocycles. The molecule has 74 valence electrons. The van der Waals surface area contributed by atoms with Crippen LogP contribution in [0.1, 0.15) is 13.8 Å². The van der Waals surface area contributed by atoms with E-state index in [0.29, 0.717) is 13.1 Å². The topological polar surface area (TPSA) is 66.1 Å². The molecule has 0 saturated carbocycles. The van der Waals surface area contributed by atoms with Gasteiger partial charge in [0.25, 0.3) is 0 Å². The standard InChI is InChI=1S/C7H13N3O2S/c1-3-10(4-2)13(11,12)7-5-8-9-6-7/h5-6H,3-4H2,1-2H3,(H,8,9). The normalized spacial score (nSPS) is 12.2. The van der Waals surface area contributed by atoms with Crippen molar-refractivity contribution in [2.75, 3.05) is 13.1 Å². The molecule has 5 nitrogen and oxygen atoms in total. The van der Waals surface area contributed by atoms with Crippen LogP contribution in [0.3, 0.4) is 0 Å². The van der Waals surface area contributed by atoms with E-state index in [1.807, 2.05) is 0 Å². The van der Waals surface area contributed by atoms with Crippen molar-refractivity contribution >= 4 is 10.0 Å². The number of aromatic nitrogens is 2. The maximum atomic E-state index is 11.7. The van der Waals surface area contributed by atoms with Gasteiger partial charge in [-0.05, 0) is 0 Å². The van der Waals surface area contributed by atoms with Crippen molar-refractivity contribution in [2.24, 2.45) is 0 Å². The lowest BCUT2D eigenvalue weighted by molar-refractivity contribution is 0.445. The second-order valence-electron chi connectivity index (χ2n) is 2.52. The number of aromatic amines is 1. The van der Waals surface area contributed by atoms with Crippen LogP contribution in [0.2, 0.25) is 0 Å². The number of nitrogens with one attached hydrogen (secondary N) is 1. The van der Waals surface area contributed by atoms with Crippen LogP contribution in [-0.2, 0) is 10.0 Å². The van der Waals surface area contributed by atoms with E-state index < -0.39 is 10.0 Å². The molecular weight excluding hydrogens is 190 g/mol. The van der Waals surface area contributed by atoms with Crippen molar-refractivity contribution in [3.8, 4) is 0 Å². The van der Waals surface area contributed by atoms with Gasteiger partial charge in [0.15, 0.2) is 0 Å². The molecule has 0 aliphatic heterocycles. The quantitative estimate of drug-likeness (QED) is 0.772. The molecule has 0 aliphatic rings. The van der Waals surface area contributed by atoms with E-state index in [0.717, 1.165) is 0 Å². The molecule has 0 bridgehead atoms. The summed E-state index contributed by atoms with van der Waals surface area (Å²) in [5, 5.41) is 6.09. The Morgan fingerprint density at radius 2 is 2.08 bits per heavy atom. The Bertz CT molecular complexity index is 340. The third kappa shape index (κ3) is 1.89. The molecule has 0 atom stereocenters. The third-order valence-electron chi connectivity index (χ3n) is 1.82. The number of rotatable bonds is 4. The molecular formula is C7H13N3O2S. The number of hydrogen-bond donors (Lipinski definition) is 1. The summed E-state index contributed by atoms with van der Waals surface area (Å²) in [6, 6.07) is 0. The third-order valence-corrected chi connectivity index (χ3v) is 3.83. The minimum atomic E-state index is -3.32. The highest BCUT2D eigenvalue weighted by atomic mass is 32.2. The fourth-order valence-electron chi connectivity index (χ4n) is 1.09. The molecule has 1 aromatic heterocycles. The molecule has 1 aromatic rings. The van der Waals surface area contributed by atoms with Crippen molar-refractivity contribution in [3.05, 3.63) is 12.4 Å². The molecule has 1 rings (SSSR count). The lowest BCUT2D eigenvalue weighted by Gasteiger charge is -2.16. The molecule has 0 fully saturated rings. The van der Waals surface area contributed by atoms with Gasteiger partial charge < -0.3 is 0 Å². The van der Waals surface area contributed by atoms with E-state index >= 15 is 0 Å². The minimum absolute atomic E-state index is 0.219. The Morgan fingerprint density at radius 3 is 2.46 bits per heavy atom. The molecule has 0 spiro atoms. The summed E-state index contributed by atoms with van der Waals surface area (Å²) in [5.41, 5.74) is 0. The Hall–Kier alpha value is -0.880. The van der Waals surface area contributed by atoms with Crippen LogP contribution < -0.4 is 0 Å². The van der Waals surface area contributed by atoms with Gasteiger partial charge in [-0.25, -0.2) is 8.42 Å². The van der Waals surface area contributed by atoms with Crippen molar-refractivity contribution in [1.29, 1.82) is 0 Å². The number of hydrogen-bond acceptors (Lipinski definition) is 3. The first-order valence-electron chi connectivity index (χ1n) is 4.11. The maximum Gasteiger partial charge on any atom is 0.246 e. The summed E-state index contributed by atoms with van der Waals surface area (Å²) in [4.78, 5) is 0.219. The molecule has 0 unspecified atom stereocenters. The predicted octanol–water partition coefficient (Wildman–Crippen LogP) is 0.440. The van der Waals surface area contributed by atoms with Crippen LogP contribution in [0.25, 0.3) is 0 Å². The zero-order valence-electron chi connectivity index (χ0n) is 7.69. The largest absolute Gasteiger partial charge is 0.284 e. The van der Waals surface area contributed by atoms with Gasteiger partial charge in [-0.3, -0.25) is 5.10 Å². The Kier molecular flexibility index (Phi) is 3.05. The number of sulfonamides is 1. The lowest BCUT2D eigenvalue weighted by atomic mass is 10.7. The lowest BCUT2D eigenvalue weighted by Crippen LogP contribution is -2.30. The van der Waals surface area contributed by atoms with Crippen LogP contribution in [-0.4, -0.2) is 36.0 Å². The minimum Gasteiger partial charge on any atom is -0.284 e. The molecule has 1 heterocycles. The van der Waals surface area contributed by atoms with E-state index in [-0.39, 0.29) is 4.90 Å². The van der Waals surface area contributed by atoms with E-state index in [2.05, 4.69) is 10.2 Å². The highest BCUT2D eigenvalue weighted by Gasteiger charge is 2.21. The Labute approximate surface area is 77.8 Å². The van der Waals surface area contributed by atoms with E-state index in [4.69, 9.17) is 0 Å². The van der Waals surface area contributed by atoms with Gasteiger partial charge in [0.2, 0.25) is 10.0 Å². The number of nitrogens with zero attached hydrogens (tertiary/aromatic N) is 2. The van der Waals surface area contributed by atoms with Gasteiger partial charge in [0.05, 0.1) is 6.20 Å². The van der Waals surface area contributed by atoms with Crippen molar-refractivity contribution in [2.45, 2.75) is 18.7 Å². The first kappa shape index (κ1) is 10.2. The van der Waals surface area contributed by atoms with Gasteiger partial charge in [-0.1, -0.05) is 13.8 Å². The van der Waals surface area contributed by atoms with Crippen LogP contribution in [0.5, 0.6) is 0 Å². The highest BCUT2D eigenvalue weighted by molar-refractivity contribution is 7.89. The smallest absolute Gasteiger partial charge is 0.246 e. The molecule has 0 aliphatic carbocycles. The molecule has 0 saturated heterocycles. The van der Waals surface area contributed by atoms with Crippen LogP contribution in [0.4, 0.5) is 0 Å². The van der Waals surface area contributed by atoms with Gasteiger partial charge >= 0.3 is 0 Å². The van der Waals surface area contributed by atoms with Crippen LogP contribution >= 0.6 is 0 Å². The second kappa shape index (κ2) is 3.89. The summed E-state index contributed by atoms with van der Waals surface area (Å²) in [6.45, 7) is 4.57. The summed E-state index contributed by atoms with van der Waals surface area (Å²) in [7, 11) is -3.32. The average molecular weight is 203 g/mol. The molecule has 0 amide bonds.